The van der Waals surface area contributed by atoms with Gasteiger partial charge in [0.15, 0.2) is 13.2 Å². The summed E-state index contributed by atoms with van der Waals surface area (Å²) in [4.78, 5) is 27.0. The van der Waals surface area contributed by atoms with Gasteiger partial charge in [0.2, 0.25) is 5.78 Å². The van der Waals surface area contributed by atoms with Crippen molar-refractivity contribution >= 4 is 17.7 Å². The SMILES string of the molecule is CCCCCCOC(=O)OCC(=O)CON=C(C)C. The van der Waals surface area contributed by atoms with Gasteiger partial charge in [0, 0.05) is 0 Å². The van der Waals surface area contributed by atoms with E-state index in [4.69, 9.17) is 9.57 Å². The van der Waals surface area contributed by atoms with E-state index in [1.165, 1.54) is 0 Å². The Bertz CT molecular complexity index is 297. The first-order valence-electron chi connectivity index (χ1n) is 6.50. The van der Waals surface area contributed by atoms with Crippen LogP contribution in [0.4, 0.5) is 4.79 Å². The molecule has 0 N–H and O–H groups in total. The third-order valence-corrected chi connectivity index (χ3v) is 2.04. The first kappa shape index (κ1) is 17.4. The molecule has 0 bridgehead atoms. The largest absolute Gasteiger partial charge is 0.508 e. The molecule has 0 saturated carbocycles. The number of carbonyl (C=O) groups excluding carboxylic acids is 2. The quantitative estimate of drug-likeness (QED) is 0.265. The summed E-state index contributed by atoms with van der Waals surface area (Å²) in [6.45, 7) is 5.35. The number of nitrogens with zero attached hydrogens (tertiary/aromatic N) is 1. The van der Waals surface area contributed by atoms with Crippen molar-refractivity contribution in [2.75, 3.05) is 19.8 Å². The molecule has 0 atom stereocenters. The van der Waals surface area contributed by atoms with Crippen LogP contribution in [-0.4, -0.2) is 37.5 Å². The molecule has 0 fully saturated rings. The van der Waals surface area contributed by atoms with E-state index in [0.717, 1.165) is 25.7 Å². The Balaban J connectivity index is 3.50. The molecule has 0 spiro atoms. The maximum Gasteiger partial charge on any atom is 0.508 e. The minimum atomic E-state index is -0.819. The molecule has 6 heteroatoms. The Morgan fingerprint density at radius 1 is 1.00 bits per heavy atom. The van der Waals surface area contributed by atoms with Crippen molar-refractivity contribution in [2.24, 2.45) is 5.16 Å². The molecule has 0 aromatic carbocycles. The van der Waals surface area contributed by atoms with E-state index < -0.39 is 6.16 Å². The van der Waals surface area contributed by atoms with Gasteiger partial charge in [0.1, 0.15) is 0 Å². The van der Waals surface area contributed by atoms with Crippen LogP contribution in [0.5, 0.6) is 0 Å². The maximum atomic E-state index is 11.2. The fourth-order valence-corrected chi connectivity index (χ4v) is 1.14. The summed E-state index contributed by atoms with van der Waals surface area (Å²) in [6, 6.07) is 0. The van der Waals surface area contributed by atoms with Crippen molar-refractivity contribution in [1.29, 1.82) is 0 Å². The zero-order chi connectivity index (χ0) is 14.5. The predicted molar refractivity (Wildman–Crippen MR) is 71.2 cm³/mol. The lowest BCUT2D eigenvalue weighted by Crippen LogP contribution is -2.18. The van der Waals surface area contributed by atoms with Gasteiger partial charge < -0.3 is 14.3 Å². The Hall–Kier alpha value is -1.59. The smallest absolute Gasteiger partial charge is 0.434 e. The van der Waals surface area contributed by atoms with Crippen molar-refractivity contribution in [3.8, 4) is 0 Å². The molecule has 110 valence electrons. The number of ether oxygens (including phenoxy) is 2. The van der Waals surface area contributed by atoms with Crippen molar-refractivity contribution in [2.45, 2.75) is 46.5 Å². The summed E-state index contributed by atoms with van der Waals surface area (Å²) < 4.78 is 9.43. The standard InChI is InChI=1S/C13H23NO5/c1-4-5-6-7-8-17-13(16)18-9-12(15)10-19-14-11(2)3/h4-10H2,1-3H3. The van der Waals surface area contributed by atoms with Crippen LogP contribution in [0.1, 0.15) is 46.5 Å². The van der Waals surface area contributed by atoms with Gasteiger partial charge >= 0.3 is 6.16 Å². The highest BCUT2D eigenvalue weighted by atomic mass is 16.7. The summed E-state index contributed by atoms with van der Waals surface area (Å²) in [7, 11) is 0. The minimum absolute atomic E-state index is 0.213. The number of ketones is 1. The summed E-state index contributed by atoms with van der Waals surface area (Å²) in [5.74, 6) is -0.368. The van der Waals surface area contributed by atoms with Crippen LogP contribution in [0.3, 0.4) is 0 Å². The summed E-state index contributed by atoms with van der Waals surface area (Å²) in [5.41, 5.74) is 0.709. The second-order valence-electron chi connectivity index (χ2n) is 4.30. The van der Waals surface area contributed by atoms with Crippen LogP contribution in [0.25, 0.3) is 0 Å². The number of rotatable bonds is 10. The van der Waals surface area contributed by atoms with E-state index in [9.17, 15) is 9.59 Å². The lowest BCUT2D eigenvalue weighted by atomic mass is 10.2. The zero-order valence-corrected chi connectivity index (χ0v) is 11.9. The van der Waals surface area contributed by atoms with E-state index in [0.29, 0.717) is 12.3 Å². The minimum Gasteiger partial charge on any atom is -0.434 e. The number of hydrogen-bond acceptors (Lipinski definition) is 6. The van der Waals surface area contributed by atoms with Crippen LogP contribution >= 0.6 is 0 Å². The van der Waals surface area contributed by atoms with Crippen molar-refractivity contribution in [1.82, 2.24) is 0 Å². The Morgan fingerprint density at radius 3 is 2.37 bits per heavy atom. The zero-order valence-electron chi connectivity index (χ0n) is 11.9. The first-order valence-corrected chi connectivity index (χ1v) is 6.50. The lowest BCUT2D eigenvalue weighted by Gasteiger charge is -2.05. The van der Waals surface area contributed by atoms with Gasteiger partial charge in [0.25, 0.3) is 0 Å². The maximum absolute atomic E-state index is 11.2. The molecule has 0 unspecified atom stereocenters. The summed E-state index contributed by atoms with van der Waals surface area (Å²) >= 11 is 0. The highest BCUT2D eigenvalue weighted by molar-refractivity contribution is 5.82. The molecule has 0 aromatic heterocycles. The topological polar surface area (TPSA) is 74.2 Å². The lowest BCUT2D eigenvalue weighted by molar-refractivity contribution is -0.127. The van der Waals surface area contributed by atoms with Gasteiger partial charge in [-0.25, -0.2) is 4.79 Å². The van der Waals surface area contributed by atoms with E-state index in [-0.39, 0.29) is 19.0 Å². The number of oxime groups is 1. The summed E-state index contributed by atoms with van der Waals surface area (Å²) in [5, 5.41) is 3.59. The van der Waals surface area contributed by atoms with Crippen molar-refractivity contribution in [3.05, 3.63) is 0 Å². The molecule has 0 aliphatic heterocycles. The second kappa shape index (κ2) is 11.5. The van der Waals surface area contributed by atoms with Gasteiger partial charge in [-0.05, 0) is 20.3 Å². The molecule has 6 nitrogen and oxygen atoms in total. The molecule has 0 aliphatic carbocycles. The van der Waals surface area contributed by atoms with Crippen LogP contribution in [0.2, 0.25) is 0 Å². The normalized spacial score (nSPS) is 9.63. The number of carbonyl (C=O) groups is 2. The van der Waals surface area contributed by atoms with E-state index in [2.05, 4.69) is 16.8 Å². The highest BCUT2D eigenvalue weighted by Crippen LogP contribution is 1.99. The van der Waals surface area contributed by atoms with E-state index in [1.807, 2.05) is 0 Å². The average molecular weight is 273 g/mol. The van der Waals surface area contributed by atoms with E-state index in [1.54, 1.807) is 13.8 Å². The molecular weight excluding hydrogens is 250 g/mol. The molecule has 0 saturated heterocycles. The fraction of sp³-hybridized carbons (Fsp3) is 0.769. The number of hydrogen-bond donors (Lipinski definition) is 0. The van der Waals surface area contributed by atoms with Gasteiger partial charge in [-0.3, -0.25) is 4.79 Å². The van der Waals surface area contributed by atoms with Crippen LogP contribution in [0, 0.1) is 0 Å². The highest BCUT2D eigenvalue weighted by Gasteiger charge is 2.08. The van der Waals surface area contributed by atoms with E-state index >= 15 is 0 Å². The second-order valence-corrected chi connectivity index (χ2v) is 4.30. The molecule has 0 amide bonds. The molecule has 0 radical (unpaired) electrons. The third-order valence-electron chi connectivity index (χ3n) is 2.04. The molecular formula is C13H23NO5. The van der Waals surface area contributed by atoms with Gasteiger partial charge in [-0.15, -0.1) is 0 Å². The van der Waals surface area contributed by atoms with Gasteiger partial charge in [-0.2, -0.15) is 0 Å². The third kappa shape index (κ3) is 12.7. The van der Waals surface area contributed by atoms with Crippen LogP contribution < -0.4 is 0 Å². The van der Waals surface area contributed by atoms with Crippen LogP contribution in [0.15, 0.2) is 5.16 Å². The predicted octanol–water partition coefficient (Wildman–Crippen LogP) is 2.70. The number of unbranched alkanes of at least 4 members (excludes halogenated alkanes) is 3. The average Bonchev–Trinajstić information content (AvgIpc) is 2.35. The first-order chi connectivity index (χ1) is 9.06. The van der Waals surface area contributed by atoms with Crippen LogP contribution in [-0.2, 0) is 19.1 Å². The van der Waals surface area contributed by atoms with Gasteiger partial charge in [-0.1, -0.05) is 31.3 Å². The van der Waals surface area contributed by atoms with Crippen molar-refractivity contribution < 1.29 is 23.9 Å². The molecule has 0 aliphatic rings. The Labute approximate surface area is 114 Å². The molecule has 0 heterocycles. The Kier molecular flexibility index (Phi) is 10.5. The van der Waals surface area contributed by atoms with Crippen molar-refractivity contribution in [3.63, 3.8) is 0 Å². The number of Topliss-reactive ketones (excluding diaryl/α,β-unsaturated/α-hetero) is 1. The molecule has 19 heavy (non-hydrogen) atoms. The molecule has 0 aromatic rings. The summed E-state index contributed by atoms with van der Waals surface area (Å²) in [6.07, 6.45) is 3.25. The Morgan fingerprint density at radius 2 is 1.74 bits per heavy atom. The monoisotopic (exact) mass is 273 g/mol. The molecule has 0 rings (SSSR count). The fourth-order valence-electron chi connectivity index (χ4n) is 1.14. The van der Waals surface area contributed by atoms with Gasteiger partial charge in [0.05, 0.1) is 12.3 Å².